The van der Waals surface area contributed by atoms with Gasteiger partial charge >= 0.3 is 0 Å². The van der Waals surface area contributed by atoms with E-state index in [9.17, 15) is 8.42 Å². The SMILES string of the molecule is CCCNCCCS(=O)(=O)NCC1CCC(C)C1. The number of sulfonamides is 1. The van der Waals surface area contributed by atoms with Gasteiger partial charge in [0.05, 0.1) is 5.75 Å². The van der Waals surface area contributed by atoms with E-state index in [-0.39, 0.29) is 5.75 Å². The summed E-state index contributed by atoms with van der Waals surface area (Å²) < 4.78 is 26.3. The summed E-state index contributed by atoms with van der Waals surface area (Å²) >= 11 is 0. The van der Waals surface area contributed by atoms with Gasteiger partial charge in [0.1, 0.15) is 0 Å². The molecule has 0 aromatic rings. The van der Waals surface area contributed by atoms with Crippen molar-refractivity contribution in [3.8, 4) is 0 Å². The zero-order chi connectivity index (χ0) is 13.4. The molecule has 0 bridgehead atoms. The minimum absolute atomic E-state index is 0.242. The molecule has 1 saturated carbocycles. The quantitative estimate of drug-likeness (QED) is 0.631. The standard InChI is InChI=1S/C13H28N2O2S/c1-3-7-14-8-4-9-18(16,17)15-11-13-6-5-12(2)10-13/h12-15H,3-11H2,1-2H3. The van der Waals surface area contributed by atoms with Crippen molar-refractivity contribution in [3.63, 3.8) is 0 Å². The van der Waals surface area contributed by atoms with Crippen LogP contribution in [0.15, 0.2) is 0 Å². The van der Waals surface area contributed by atoms with Crippen molar-refractivity contribution in [2.75, 3.05) is 25.4 Å². The van der Waals surface area contributed by atoms with Crippen LogP contribution in [0.1, 0.15) is 46.0 Å². The maximum absolute atomic E-state index is 11.8. The molecule has 1 aliphatic carbocycles. The molecule has 1 aliphatic rings. The second-order valence-corrected chi connectivity index (χ2v) is 7.48. The lowest BCUT2D eigenvalue weighted by molar-refractivity contribution is 0.497. The Morgan fingerprint density at radius 1 is 1.22 bits per heavy atom. The molecular weight excluding hydrogens is 248 g/mol. The smallest absolute Gasteiger partial charge is 0.211 e. The third-order valence-electron chi connectivity index (χ3n) is 3.59. The maximum Gasteiger partial charge on any atom is 0.211 e. The molecule has 2 N–H and O–H groups in total. The Kier molecular flexibility index (Phi) is 7.19. The first kappa shape index (κ1) is 15.9. The minimum atomic E-state index is -3.06. The van der Waals surface area contributed by atoms with Gasteiger partial charge in [0.2, 0.25) is 10.0 Å². The van der Waals surface area contributed by atoms with Crippen LogP contribution >= 0.6 is 0 Å². The second kappa shape index (κ2) is 8.12. The van der Waals surface area contributed by atoms with Crippen molar-refractivity contribution in [1.29, 1.82) is 0 Å². The van der Waals surface area contributed by atoms with Crippen molar-refractivity contribution in [1.82, 2.24) is 10.0 Å². The first-order valence-electron chi connectivity index (χ1n) is 7.21. The maximum atomic E-state index is 11.8. The zero-order valence-electron chi connectivity index (χ0n) is 11.7. The van der Waals surface area contributed by atoms with Crippen molar-refractivity contribution >= 4 is 10.0 Å². The molecule has 4 nitrogen and oxygen atoms in total. The Balaban J connectivity index is 2.11. The van der Waals surface area contributed by atoms with Crippen molar-refractivity contribution < 1.29 is 8.42 Å². The van der Waals surface area contributed by atoms with E-state index in [1.54, 1.807) is 0 Å². The van der Waals surface area contributed by atoms with Crippen LogP contribution in [-0.2, 0) is 10.0 Å². The molecule has 0 aromatic carbocycles. The molecule has 108 valence electrons. The molecular formula is C13H28N2O2S. The van der Waals surface area contributed by atoms with E-state index in [2.05, 4.69) is 23.9 Å². The van der Waals surface area contributed by atoms with Crippen molar-refractivity contribution in [2.24, 2.45) is 11.8 Å². The Hall–Kier alpha value is -0.130. The molecule has 0 aliphatic heterocycles. The molecule has 18 heavy (non-hydrogen) atoms. The molecule has 2 atom stereocenters. The molecule has 0 amide bonds. The molecule has 0 heterocycles. The summed E-state index contributed by atoms with van der Waals surface area (Å²) in [6.45, 7) is 6.74. The molecule has 1 fully saturated rings. The van der Waals surface area contributed by atoms with E-state index in [1.807, 2.05) is 0 Å². The molecule has 0 radical (unpaired) electrons. The Morgan fingerprint density at radius 3 is 2.61 bits per heavy atom. The summed E-state index contributed by atoms with van der Waals surface area (Å²) in [5, 5.41) is 3.22. The molecule has 0 spiro atoms. The van der Waals surface area contributed by atoms with Crippen LogP contribution < -0.4 is 10.0 Å². The summed E-state index contributed by atoms with van der Waals surface area (Å²) in [6, 6.07) is 0. The van der Waals surface area contributed by atoms with Gasteiger partial charge < -0.3 is 5.32 Å². The molecule has 5 heteroatoms. The lowest BCUT2D eigenvalue weighted by Gasteiger charge is -2.11. The van der Waals surface area contributed by atoms with E-state index in [0.29, 0.717) is 18.9 Å². The molecule has 2 unspecified atom stereocenters. The van der Waals surface area contributed by atoms with Gasteiger partial charge in [-0.1, -0.05) is 20.3 Å². The van der Waals surface area contributed by atoms with Crippen LogP contribution in [0, 0.1) is 11.8 Å². The molecule has 0 aromatic heterocycles. The van der Waals surface area contributed by atoms with Gasteiger partial charge in [0.15, 0.2) is 0 Å². The summed E-state index contributed by atoms with van der Waals surface area (Å²) in [6.07, 6.45) is 5.36. The summed E-state index contributed by atoms with van der Waals surface area (Å²) in [7, 11) is -3.06. The highest BCUT2D eigenvalue weighted by Crippen LogP contribution is 2.29. The van der Waals surface area contributed by atoms with Crippen molar-refractivity contribution in [3.05, 3.63) is 0 Å². The first-order valence-corrected chi connectivity index (χ1v) is 8.86. The van der Waals surface area contributed by atoms with Gasteiger partial charge in [-0.2, -0.15) is 0 Å². The fourth-order valence-electron chi connectivity index (χ4n) is 2.52. The third kappa shape index (κ3) is 6.71. The summed E-state index contributed by atoms with van der Waals surface area (Å²) in [4.78, 5) is 0. The lowest BCUT2D eigenvalue weighted by Crippen LogP contribution is -2.31. The Labute approximate surface area is 112 Å². The Morgan fingerprint density at radius 2 is 2.00 bits per heavy atom. The van der Waals surface area contributed by atoms with Crippen LogP contribution in [0.25, 0.3) is 0 Å². The highest BCUT2D eigenvalue weighted by Gasteiger charge is 2.22. The van der Waals surface area contributed by atoms with E-state index >= 15 is 0 Å². The van der Waals surface area contributed by atoms with Crippen LogP contribution in [-0.4, -0.2) is 33.8 Å². The molecule has 0 saturated heterocycles. The predicted molar refractivity (Wildman–Crippen MR) is 76.1 cm³/mol. The highest BCUT2D eigenvalue weighted by atomic mass is 32.2. The number of hydrogen-bond acceptors (Lipinski definition) is 3. The van der Waals surface area contributed by atoms with Crippen LogP contribution in [0.3, 0.4) is 0 Å². The largest absolute Gasteiger partial charge is 0.317 e. The normalized spacial score (nSPS) is 24.6. The fraction of sp³-hybridized carbons (Fsp3) is 1.00. The number of nitrogens with one attached hydrogen (secondary N) is 2. The molecule has 1 rings (SSSR count). The van der Waals surface area contributed by atoms with E-state index in [1.165, 1.54) is 19.3 Å². The van der Waals surface area contributed by atoms with Gasteiger partial charge in [0.25, 0.3) is 0 Å². The van der Waals surface area contributed by atoms with Crippen molar-refractivity contribution in [2.45, 2.75) is 46.0 Å². The average molecular weight is 276 g/mol. The predicted octanol–water partition coefficient (Wildman–Crippen LogP) is 1.73. The Bertz CT molecular complexity index is 317. The highest BCUT2D eigenvalue weighted by molar-refractivity contribution is 7.89. The topological polar surface area (TPSA) is 58.2 Å². The minimum Gasteiger partial charge on any atom is -0.317 e. The number of hydrogen-bond donors (Lipinski definition) is 2. The summed E-state index contributed by atoms with van der Waals surface area (Å²) in [5.41, 5.74) is 0. The fourth-order valence-corrected chi connectivity index (χ4v) is 3.67. The van der Waals surface area contributed by atoms with E-state index in [4.69, 9.17) is 0 Å². The number of rotatable bonds is 9. The van der Waals surface area contributed by atoms with Crippen LogP contribution in [0.5, 0.6) is 0 Å². The van der Waals surface area contributed by atoms with Gasteiger partial charge in [0, 0.05) is 6.54 Å². The van der Waals surface area contributed by atoms with E-state index < -0.39 is 10.0 Å². The second-order valence-electron chi connectivity index (χ2n) is 5.56. The lowest BCUT2D eigenvalue weighted by atomic mass is 10.1. The van der Waals surface area contributed by atoms with Gasteiger partial charge in [-0.05, 0) is 50.6 Å². The summed E-state index contributed by atoms with van der Waals surface area (Å²) in [5.74, 6) is 1.55. The third-order valence-corrected chi connectivity index (χ3v) is 5.02. The first-order chi connectivity index (χ1) is 8.53. The zero-order valence-corrected chi connectivity index (χ0v) is 12.6. The average Bonchev–Trinajstić information content (AvgIpc) is 2.73. The monoisotopic (exact) mass is 276 g/mol. The van der Waals surface area contributed by atoms with Crippen LogP contribution in [0.2, 0.25) is 0 Å². The van der Waals surface area contributed by atoms with Crippen LogP contribution in [0.4, 0.5) is 0 Å². The van der Waals surface area contributed by atoms with Gasteiger partial charge in [-0.25, -0.2) is 13.1 Å². The van der Waals surface area contributed by atoms with E-state index in [0.717, 1.165) is 25.4 Å². The van der Waals surface area contributed by atoms with Gasteiger partial charge in [-0.3, -0.25) is 0 Å². The van der Waals surface area contributed by atoms with Gasteiger partial charge in [-0.15, -0.1) is 0 Å².